The van der Waals surface area contributed by atoms with Gasteiger partial charge in [-0.1, -0.05) is 36.8 Å². The van der Waals surface area contributed by atoms with Crippen LogP contribution in [0.25, 0.3) is 0 Å². The van der Waals surface area contributed by atoms with Crippen LogP contribution in [0.4, 0.5) is 0 Å². The number of aliphatic imine (C=N–C) groups is 1. The second-order valence-corrected chi connectivity index (χ2v) is 8.75. The predicted molar refractivity (Wildman–Crippen MR) is 124 cm³/mol. The lowest BCUT2D eigenvalue weighted by Gasteiger charge is -2.31. The molecule has 2 fully saturated rings. The van der Waals surface area contributed by atoms with E-state index in [9.17, 15) is 4.79 Å². The van der Waals surface area contributed by atoms with E-state index in [-0.39, 0.29) is 5.91 Å². The molecule has 1 aromatic rings. The third-order valence-electron chi connectivity index (χ3n) is 6.27. The number of guanidine groups is 1. The number of rotatable bonds is 7. The number of likely N-dealkylation sites (tertiary alicyclic amines) is 2. The molecule has 0 spiro atoms. The van der Waals surface area contributed by atoms with E-state index in [1.54, 1.807) is 0 Å². The van der Waals surface area contributed by atoms with E-state index in [1.165, 1.54) is 24.0 Å². The molecule has 6 nitrogen and oxygen atoms in total. The molecule has 166 valence electrons. The van der Waals surface area contributed by atoms with Crippen molar-refractivity contribution in [2.45, 2.75) is 59.0 Å². The Balaban J connectivity index is 1.43. The van der Waals surface area contributed by atoms with Crippen LogP contribution < -0.4 is 10.6 Å². The van der Waals surface area contributed by atoms with Crippen molar-refractivity contribution in [2.75, 3.05) is 39.3 Å². The number of nitrogens with one attached hydrogen (secondary N) is 2. The van der Waals surface area contributed by atoms with E-state index in [0.717, 1.165) is 58.2 Å². The summed E-state index contributed by atoms with van der Waals surface area (Å²) in [6, 6.07) is 9.20. The summed E-state index contributed by atoms with van der Waals surface area (Å²) >= 11 is 0. The molecule has 2 aliphatic rings. The Morgan fingerprint density at radius 3 is 2.50 bits per heavy atom. The summed E-state index contributed by atoms with van der Waals surface area (Å²) in [7, 11) is 0. The maximum Gasteiger partial charge on any atom is 0.222 e. The third kappa shape index (κ3) is 6.73. The van der Waals surface area contributed by atoms with Crippen molar-refractivity contribution in [1.29, 1.82) is 0 Å². The number of carbonyl (C=O) groups excluding carboxylic acids is 1. The topological polar surface area (TPSA) is 60.0 Å². The molecule has 1 unspecified atom stereocenters. The largest absolute Gasteiger partial charge is 0.357 e. The minimum Gasteiger partial charge on any atom is -0.357 e. The summed E-state index contributed by atoms with van der Waals surface area (Å²) in [5, 5.41) is 6.92. The fraction of sp³-hybridized carbons (Fsp3) is 0.667. The zero-order valence-corrected chi connectivity index (χ0v) is 19.0. The first kappa shape index (κ1) is 22.6. The molecule has 1 atom stereocenters. The number of benzene rings is 1. The lowest BCUT2D eigenvalue weighted by atomic mass is 9.96. The molecule has 0 aliphatic carbocycles. The molecule has 2 N–H and O–H groups in total. The Morgan fingerprint density at radius 1 is 1.10 bits per heavy atom. The van der Waals surface area contributed by atoms with E-state index in [1.807, 2.05) is 11.8 Å². The molecule has 30 heavy (non-hydrogen) atoms. The molecule has 6 heteroatoms. The highest BCUT2D eigenvalue weighted by Crippen LogP contribution is 2.19. The van der Waals surface area contributed by atoms with Crippen molar-refractivity contribution < 1.29 is 4.79 Å². The lowest BCUT2D eigenvalue weighted by Crippen LogP contribution is -2.45. The van der Waals surface area contributed by atoms with Crippen LogP contribution >= 0.6 is 0 Å². The van der Waals surface area contributed by atoms with Gasteiger partial charge in [-0.2, -0.15) is 0 Å². The molecule has 2 heterocycles. The van der Waals surface area contributed by atoms with E-state index in [0.29, 0.717) is 18.4 Å². The van der Waals surface area contributed by atoms with Crippen LogP contribution in [0.5, 0.6) is 0 Å². The molecule has 1 amide bonds. The van der Waals surface area contributed by atoms with Crippen molar-refractivity contribution in [3.8, 4) is 0 Å². The highest BCUT2D eigenvalue weighted by Gasteiger charge is 2.26. The molecule has 0 aromatic heterocycles. The van der Waals surface area contributed by atoms with E-state index in [2.05, 4.69) is 53.6 Å². The number of nitrogens with zero attached hydrogens (tertiary/aromatic N) is 3. The predicted octanol–water partition coefficient (Wildman–Crippen LogP) is 2.77. The number of amides is 1. The molecule has 0 bridgehead atoms. The fourth-order valence-corrected chi connectivity index (χ4v) is 4.34. The van der Waals surface area contributed by atoms with Crippen molar-refractivity contribution in [3.63, 3.8) is 0 Å². The second-order valence-electron chi connectivity index (χ2n) is 8.75. The molecule has 1 aromatic carbocycles. The Labute approximate surface area is 182 Å². The van der Waals surface area contributed by atoms with Crippen LogP contribution in [0.1, 0.15) is 50.7 Å². The summed E-state index contributed by atoms with van der Waals surface area (Å²) < 4.78 is 0. The van der Waals surface area contributed by atoms with Crippen molar-refractivity contribution in [1.82, 2.24) is 20.4 Å². The molecule has 3 rings (SSSR count). The van der Waals surface area contributed by atoms with Gasteiger partial charge in [-0.3, -0.25) is 14.7 Å². The van der Waals surface area contributed by atoms with Crippen LogP contribution in [0.2, 0.25) is 0 Å². The third-order valence-corrected chi connectivity index (χ3v) is 6.27. The van der Waals surface area contributed by atoms with Gasteiger partial charge < -0.3 is 15.5 Å². The Hall–Kier alpha value is -2.08. The SMILES string of the molecule is CCNC(=NCC1CCN(Cc2ccc(C)cc2)CC1)NC1CCN(C(=O)CC)C1. The molecule has 0 radical (unpaired) electrons. The van der Waals surface area contributed by atoms with Gasteiger partial charge in [0.2, 0.25) is 5.91 Å². The van der Waals surface area contributed by atoms with Crippen molar-refractivity contribution in [2.24, 2.45) is 10.9 Å². The molecular formula is C24H39N5O. The number of aryl methyl sites for hydroxylation is 1. The van der Waals surface area contributed by atoms with E-state index in [4.69, 9.17) is 4.99 Å². The highest BCUT2D eigenvalue weighted by atomic mass is 16.2. The highest BCUT2D eigenvalue weighted by molar-refractivity contribution is 5.80. The quantitative estimate of drug-likeness (QED) is 0.533. The van der Waals surface area contributed by atoms with Crippen LogP contribution in [0.3, 0.4) is 0 Å². The normalized spacial score (nSPS) is 21.1. The van der Waals surface area contributed by atoms with E-state index < -0.39 is 0 Å². The second kappa shape index (κ2) is 11.3. The van der Waals surface area contributed by atoms with Crippen molar-refractivity contribution in [3.05, 3.63) is 35.4 Å². The monoisotopic (exact) mass is 413 g/mol. The van der Waals surface area contributed by atoms with Gasteiger partial charge in [0.05, 0.1) is 0 Å². The van der Waals surface area contributed by atoms with Gasteiger partial charge in [0.1, 0.15) is 0 Å². The maximum atomic E-state index is 11.9. The Kier molecular flexibility index (Phi) is 8.55. The molecule has 0 saturated carbocycles. The van der Waals surface area contributed by atoms with E-state index >= 15 is 0 Å². The van der Waals surface area contributed by atoms with Crippen molar-refractivity contribution >= 4 is 11.9 Å². The summed E-state index contributed by atoms with van der Waals surface area (Å²) in [6.07, 6.45) is 3.99. The number of hydrogen-bond donors (Lipinski definition) is 2. The first-order valence-electron chi connectivity index (χ1n) is 11.7. The Bertz CT molecular complexity index is 694. The van der Waals surface area contributed by atoms with Crippen LogP contribution in [0.15, 0.2) is 29.3 Å². The number of piperidine rings is 1. The standard InChI is InChI=1S/C24H39N5O/c1-4-23(30)29-15-12-22(18-29)27-24(25-5-2)26-16-20-10-13-28(14-11-20)17-21-8-6-19(3)7-9-21/h6-9,20,22H,4-5,10-18H2,1-3H3,(H2,25,26,27). The summed E-state index contributed by atoms with van der Waals surface area (Å²) in [6.45, 7) is 12.9. The summed E-state index contributed by atoms with van der Waals surface area (Å²) in [5.74, 6) is 1.80. The first-order valence-corrected chi connectivity index (χ1v) is 11.7. The number of carbonyl (C=O) groups is 1. The zero-order valence-electron chi connectivity index (χ0n) is 19.0. The average Bonchev–Trinajstić information content (AvgIpc) is 3.23. The minimum atomic E-state index is 0.249. The summed E-state index contributed by atoms with van der Waals surface area (Å²) in [4.78, 5) is 21.3. The van der Waals surface area contributed by atoms with Crippen LogP contribution in [-0.2, 0) is 11.3 Å². The van der Waals surface area contributed by atoms with Gasteiger partial charge in [-0.25, -0.2) is 0 Å². The lowest BCUT2D eigenvalue weighted by molar-refractivity contribution is -0.129. The zero-order chi connectivity index (χ0) is 21.3. The van der Waals surface area contributed by atoms with Gasteiger partial charge >= 0.3 is 0 Å². The maximum absolute atomic E-state index is 11.9. The summed E-state index contributed by atoms with van der Waals surface area (Å²) in [5.41, 5.74) is 2.73. The smallest absolute Gasteiger partial charge is 0.222 e. The fourth-order valence-electron chi connectivity index (χ4n) is 4.34. The van der Waals surface area contributed by atoms with Gasteiger partial charge in [-0.05, 0) is 57.7 Å². The van der Waals surface area contributed by atoms with Crippen LogP contribution in [-0.4, -0.2) is 67.0 Å². The molecular weight excluding hydrogens is 374 g/mol. The van der Waals surface area contributed by atoms with Gasteiger partial charge in [0.25, 0.3) is 0 Å². The van der Waals surface area contributed by atoms with Gasteiger partial charge in [0, 0.05) is 45.2 Å². The average molecular weight is 414 g/mol. The number of hydrogen-bond acceptors (Lipinski definition) is 3. The Morgan fingerprint density at radius 2 is 1.83 bits per heavy atom. The first-order chi connectivity index (χ1) is 14.6. The van der Waals surface area contributed by atoms with Gasteiger partial charge in [-0.15, -0.1) is 0 Å². The van der Waals surface area contributed by atoms with Crippen LogP contribution in [0, 0.1) is 12.8 Å². The molecule has 2 saturated heterocycles. The van der Waals surface area contributed by atoms with Gasteiger partial charge in [0.15, 0.2) is 5.96 Å². The molecule has 2 aliphatic heterocycles. The minimum absolute atomic E-state index is 0.249.